The summed E-state index contributed by atoms with van der Waals surface area (Å²) in [7, 11) is 0. The maximum absolute atomic E-state index is 8.69. The summed E-state index contributed by atoms with van der Waals surface area (Å²) in [5.41, 5.74) is 2.02. The third-order valence-electron chi connectivity index (χ3n) is 3.49. The molecule has 1 aromatic carbocycles. The first-order valence-corrected chi connectivity index (χ1v) is 8.11. The summed E-state index contributed by atoms with van der Waals surface area (Å²) in [6.45, 7) is 4.97. The van der Waals surface area contributed by atoms with E-state index in [1.54, 1.807) is 0 Å². The molecule has 2 nitrogen and oxygen atoms in total. The van der Waals surface area contributed by atoms with Crippen molar-refractivity contribution in [1.29, 1.82) is 0 Å². The van der Waals surface area contributed by atoms with Crippen LogP contribution in [0.5, 0.6) is 5.75 Å². The standard InChI is InChI=1S/C19H28O2/c1-3-4-5-6-7-8-9-15-21-19-13-12-18(11-10-14-20)16-17(19)2/h12-13,16,20H,3-9,14-15H2,1-2H3. The minimum Gasteiger partial charge on any atom is -0.493 e. The number of ether oxygens (including phenoxy) is 1. The Morgan fingerprint density at radius 2 is 1.76 bits per heavy atom. The number of hydrogen-bond donors (Lipinski definition) is 1. The first-order valence-electron chi connectivity index (χ1n) is 8.11. The Morgan fingerprint density at radius 3 is 2.43 bits per heavy atom. The average Bonchev–Trinajstić information content (AvgIpc) is 2.49. The lowest BCUT2D eigenvalue weighted by Gasteiger charge is -2.09. The molecule has 0 unspecified atom stereocenters. The summed E-state index contributed by atoms with van der Waals surface area (Å²) >= 11 is 0. The molecule has 0 saturated heterocycles. The van der Waals surface area contributed by atoms with Gasteiger partial charge in [-0.1, -0.05) is 57.3 Å². The van der Waals surface area contributed by atoms with Crippen molar-refractivity contribution in [3.8, 4) is 17.6 Å². The van der Waals surface area contributed by atoms with Crippen LogP contribution in [0.15, 0.2) is 18.2 Å². The van der Waals surface area contributed by atoms with Crippen LogP contribution >= 0.6 is 0 Å². The van der Waals surface area contributed by atoms with Gasteiger partial charge in [0.25, 0.3) is 0 Å². The fourth-order valence-electron chi connectivity index (χ4n) is 2.27. The number of hydrogen-bond acceptors (Lipinski definition) is 2. The number of aliphatic hydroxyl groups excluding tert-OH is 1. The van der Waals surface area contributed by atoms with E-state index in [0.29, 0.717) is 0 Å². The highest BCUT2D eigenvalue weighted by Crippen LogP contribution is 2.19. The maximum Gasteiger partial charge on any atom is 0.122 e. The summed E-state index contributed by atoms with van der Waals surface area (Å²) < 4.78 is 5.83. The molecule has 0 spiro atoms. The third kappa shape index (κ3) is 7.78. The van der Waals surface area contributed by atoms with Crippen molar-refractivity contribution in [2.75, 3.05) is 13.2 Å². The second-order valence-electron chi connectivity index (χ2n) is 5.41. The molecule has 21 heavy (non-hydrogen) atoms. The monoisotopic (exact) mass is 288 g/mol. The second kappa shape index (κ2) is 11.2. The molecule has 1 N–H and O–H groups in total. The number of aliphatic hydroxyl groups is 1. The third-order valence-corrected chi connectivity index (χ3v) is 3.49. The van der Waals surface area contributed by atoms with Gasteiger partial charge in [0.2, 0.25) is 0 Å². The van der Waals surface area contributed by atoms with Crippen LogP contribution in [0.3, 0.4) is 0 Å². The molecule has 0 fully saturated rings. The van der Waals surface area contributed by atoms with E-state index in [1.165, 1.54) is 38.5 Å². The van der Waals surface area contributed by atoms with Crippen molar-refractivity contribution < 1.29 is 9.84 Å². The van der Waals surface area contributed by atoms with Gasteiger partial charge in [0.1, 0.15) is 12.4 Å². The minimum atomic E-state index is -0.102. The van der Waals surface area contributed by atoms with Gasteiger partial charge >= 0.3 is 0 Å². The number of aryl methyl sites for hydroxylation is 1. The molecule has 0 radical (unpaired) electrons. The summed E-state index contributed by atoms with van der Waals surface area (Å²) in [6, 6.07) is 5.91. The topological polar surface area (TPSA) is 29.5 Å². The van der Waals surface area contributed by atoms with Gasteiger partial charge in [-0.25, -0.2) is 0 Å². The smallest absolute Gasteiger partial charge is 0.122 e. The zero-order valence-electron chi connectivity index (χ0n) is 13.5. The fraction of sp³-hybridized carbons (Fsp3) is 0.579. The molecule has 2 heteroatoms. The predicted molar refractivity (Wildman–Crippen MR) is 88.6 cm³/mol. The molecule has 1 aromatic rings. The quantitative estimate of drug-likeness (QED) is 0.536. The number of benzene rings is 1. The van der Waals surface area contributed by atoms with E-state index in [2.05, 4.69) is 18.8 Å². The Labute approximate surface area is 129 Å². The Balaban J connectivity index is 2.23. The lowest BCUT2D eigenvalue weighted by atomic mass is 10.1. The Hall–Kier alpha value is -1.46. The van der Waals surface area contributed by atoms with Crippen molar-refractivity contribution in [2.24, 2.45) is 0 Å². The SMILES string of the molecule is CCCCCCCCCOc1ccc(C#CCO)cc1C. The van der Waals surface area contributed by atoms with Crippen LogP contribution in [0.2, 0.25) is 0 Å². The zero-order valence-corrected chi connectivity index (χ0v) is 13.5. The van der Waals surface area contributed by atoms with Crippen molar-refractivity contribution in [2.45, 2.75) is 58.8 Å². The molecule has 0 bridgehead atoms. The first kappa shape index (κ1) is 17.6. The van der Waals surface area contributed by atoms with Gasteiger partial charge in [-0.3, -0.25) is 0 Å². The van der Waals surface area contributed by atoms with E-state index in [1.807, 2.05) is 25.1 Å². The minimum absolute atomic E-state index is 0.102. The molecule has 0 aromatic heterocycles. The summed E-state index contributed by atoms with van der Waals surface area (Å²) in [5.74, 6) is 6.50. The van der Waals surface area contributed by atoms with Gasteiger partial charge in [-0.15, -0.1) is 0 Å². The van der Waals surface area contributed by atoms with E-state index < -0.39 is 0 Å². The Morgan fingerprint density at radius 1 is 1.05 bits per heavy atom. The highest BCUT2D eigenvalue weighted by atomic mass is 16.5. The molecule has 0 aliphatic rings. The molecule has 0 saturated carbocycles. The van der Waals surface area contributed by atoms with Crippen LogP contribution < -0.4 is 4.74 Å². The van der Waals surface area contributed by atoms with Gasteiger partial charge in [0.05, 0.1) is 6.61 Å². The van der Waals surface area contributed by atoms with Crippen LogP contribution in [0.4, 0.5) is 0 Å². The maximum atomic E-state index is 8.69. The van der Waals surface area contributed by atoms with E-state index in [0.717, 1.165) is 29.9 Å². The molecule has 116 valence electrons. The van der Waals surface area contributed by atoms with Gasteiger partial charge in [0, 0.05) is 5.56 Å². The summed E-state index contributed by atoms with van der Waals surface area (Å²) in [6.07, 6.45) is 9.08. The predicted octanol–water partition coefficient (Wildman–Crippen LogP) is 4.47. The molecule has 0 heterocycles. The second-order valence-corrected chi connectivity index (χ2v) is 5.41. The first-order chi connectivity index (χ1) is 10.3. The van der Waals surface area contributed by atoms with Gasteiger partial charge in [0.15, 0.2) is 0 Å². The Bertz CT molecular complexity index is 454. The van der Waals surface area contributed by atoms with Gasteiger partial charge < -0.3 is 9.84 Å². The fourth-order valence-corrected chi connectivity index (χ4v) is 2.27. The van der Waals surface area contributed by atoms with Crippen LogP contribution in [0, 0.1) is 18.8 Å². The molecular weight excluding hydrogens is 260 g/mol. The summed E-state index contributed by atoms with van der Waals surface area (Å²) in [5, 5.41) is 8.69. The van der Waals surface area contributed by atoms with Crippen LogP contribution in [0.1, 0.15) is 63.0 Å². The highest BCUT2D eigenvalue weighted by Gasteiger charge is 2.00. The average molecular weight is 288 g/mol. The van der Waals surface area contributed by atoms with E-state index >= 15 is 0 Å². The van der Waals surface area contributed by atoms with E-state index in [9.17, 15) is 0 Å². The lowest BCUT2D eigenvalue weighted by molar-refractivity contribution is 0.302. The van der Waals surface area contributed by atoms with E-state index in [4.69, 9.17) is 9.84 Å². The molecule has 1 rings (SSSR count). The van der Waals surface area contributed by atoms with Gasteiger partial charge in [-0.05, 0) is 37.1 Å². The summed E-state index contributed by atoms with van der Waals surface area (Å²) in [4.78, 5) is 0. The number of unbranched alkanes of at least 4 members (excludes halogenated alkanes) is 6. The van der Waals surface area contributed by atoms with Gasteiger partial charge in [-0.2, -0.15) is 0 Å². The number of rotatable bonds is 9. The zero-order chi connectivity index (χ0) is 15.3. The molecule has 0 amide bonds. The Kier molecular flexibility index (Phi) is 9.40. The van der Waals surface area contributed by atoms with Crippen molar-refractivity contribution in [3.63, 3.8) is 0 Å². The molecular formula is C19H28O2. The van der Waals surface area contributed by atoms with Crippen molar-refractivity contribution >= 4 is 0 Å². The van der Waals surface area contributed by atoms with Crippen molar-refractivity contribution in [3.05, 3.63) is 29.3 Å². The normalized spacial score (nSPS) is 10.0. The molecule has 0 aliphatic heterocycles. The van der Waals surface area contributed by atoms with Crippen LogP contribution in [0.25, 0.3) is 0 Å². The van der Waals surface area contributed by atoms with E-state index in [-0.39, 0.29) is 6.61 Å². The van der Waals surface area contributed by atoms with Crippen molar-refractivity contribution in [1.82, 2.24) is 0 Å². The van der Waals surface area contributed by atoms with Crippen LogP contribution in [-0.4, -0.2) is 18.3 Å². The highest BCUT2D eigenvalue weighted by molar-refractivity contribution is 5.43. The molecule has 0 atom stereocenters. The molecule has 0 aliphatic carbocycles. The van der Waals surface area contributed by atoms with Crippen LogP contribution in [-0.2, 0) is 0 Å². The lowest BCUT2D eigenvalue weighted by Crippen LogP contribution is -1.99. The largest absolute Gasteiger partial charge is 0.493 e.